The topological polar surface area (TPSA) is 116 Å². The fraction of sp³-hybridized carbons (Fsp3) is 0.214. The minimum Gasteiger partial charge on any atom is -0.497 e. The summed E-state index contributed by atoms with van der Waals surface area (Å²) in [5, 5.41) is 18.2. The number of aromatic nitrogens is 2. The SMILES string of the molecule is COc1ccc(C2C([N+](=O)[O-])=C(N)Oc3n[nH]c(C)c32)cc1. The molecule has 1 aliphatic heterocycles. The zero-order valence-corrected chi connectivity index (χ0v) is 12.0. The lowest BCUT2D eigenvalue weighted by atomic mass is 9.87. The molecule has 2 aromatic rings. The summed E-state index contributed by atoms with van der Waals surface area (Å²) >= 11 is 0. The summed E-state index contributed by atoms with van der Waals surface area (Å²) in [6, 6.07) is 7.02. The number of hydrogen-bond donors (Lipinski definition) is 2. The predicted molar refractivity (Wildman–Crippen MR) is 77.0 cm³/mol. The van der Waals surface area contributed by atoms with Crippen molar-refractivity contribution in [1.82, 2.24) is 10.2 Å². The second-order valence-electron chi connectivity index (χ2n) is 4.88. The maximum atomic E-state index is 11.4. The highest BCUT2D eigenvalue weighted by molar-refractivity contribution is 5.49. The zero-order valence-electron chi connectivity index (χ0n) is 12.0. The molecule has 0 bridgehead atoms. The molecule has 1 unspecified atom stereocenters. The number of rotatable bonds is 3. The molecule has 0 aliphatic carbocycles. The van der Waals surface area contributed by atoms with Crippen molar-refractivity contribution in [2.75, 3.05) is 7.11 Å². The molecular weight excluding hydrogens is 288 g/mol. The summed E-state index contributed by atoms with van der Waals surface area (Å²) in [5.41, 5.74) is 7.56. The Morgan fingerprint density at radius 1 is 1.41 bits per heavy atom. The molecule has 1 aromatic carbocycles. The van der Waals surface area contributed by atoms with Gasteiger partial charge in [-0.05, 0) is 24.6 Å². The molecule has 114 valence electrons. The normalized spacial score (nSPS) is 16.9. The number of nitro groups is 1. The van der Waals surface area contributed by atoms with E-state index in [4.69, 9.17) is 15.2 Å². The van der Waals surface area contributed by atoms with Gasteiger partial charge in [-0.2, -0.15) is 0 Å². The van der Waals surface area contributed by atoms with Crippen LogP contribution in [0.4, 0.5) is 0 Å². The van der Waals surface area contributed by atoms with E-state index in [1.807, 2.05) is 0 Å². The molecule has 0 radical (unpaired) electrons. The number of aryl methyl sites for hydroxylation is 1. The van der Waals surface area contributed by atoms with Crippen LogP contribution in [0.3, 0.4) is 0 Å². The van der Waals surface area contributed by atoms with Gasteiger partial charge in [0, 0.05) is 5.69 Å². The van der Waals surface area contributed by atoms with Crippen LogP contribution in [0, 0.1) is 17.0 Å². The Bertz CT molecular complexity index is 764. The van der Waals surface area contributed by atoms with Crippen LogP contribution < -0.4 is 15.2 Å². The largest absolute Gasteiger partial charge is 0.497 e. The van der Waals surface area contributed by atoms with Gasteiger partial charge < -0.3 is 15.2 Å². The van der Waals surface area contributed by atoms with Crippen LogP contribution in [0.15, 0.2) is 35.8 Å². The Hall–Kier alpha value is -3.03. The minimum atomic E-state index is -0.650. The van der Waals surface area contributed by atoms with Crippen LogP contribution in [-0.4, -0.2) is 22.2 Å². The highest BCUT2D eigenvalue weighted by atomic mass is 16.6. The van der Waals surface area contributed by atoms with Crippen molar-refractivity contribution in [2.24, 2.45) is 5.73 Å². The Balaban J connectivity index is 2.19. The minimum absolute atomic E-state index is 0.192. The predicted octanol–water partition coefficient (Wildman–Crippen LogP) is 1.66. The molecule has 0 saturated carbocycles. The maximum Gasteiger partial charge on any atom is 0.317 e. The van der Waals surface area contributed by atoms with Gasteiger partial charge in [-0.3, -0.25) is 15.2 Å². The van der Waals surface area contributed by atoms with Crippen molar-refractivity contribution < 1.29 is 14.4 Å². The van der Waals surface area contributed by atoms with E-state index in [-0.39, 0.29) is 17.5 Å². The molecule has 3 N–H and O–H groups in total. The first-order valence-corrected chi connectivity index (χ1v) is 6.53. The highest BCUT2D eigenvalue weighted by Gasteiger charge is 2.41. The average molecular weight is 302 g/mol. The van der Waals surface area contributed by atoms with Crippen LogP contribution in [0.25, 0.3) is 0 Å². The number of allylic oxidation sites excluding steroid dienone is 1. The summed E-state index contributed by atoms with van der Waals surface area (Å²) < 4.78 is 10.4. The van der Waals surface area contributed by atoms with Crippen LogP contribution >= 0.6 is 0 Å². The number of methoxy groups -OCH3 is 1. The Morgan fingerprint density at radius 2 is 2.09 bits per heavy atom. The third kappa shape index (κ3) is 2.05. The first-order chi connectivity index (χ1) is 10.5. The molecular formula is C14H14N4O4. The van der Waals surface area contributed by atoms with E-state index in [0.29, 0.717) is 22.6 Å². The number of ether oxygens (including phenoxy) is 2. The van der Waals surface area contributed by atoms with E-state index in [9.17, 15) is 10.1 Å². The van der Waals surface area contributed by atoms with Crippen molar-refractivity contribution in [3.05, 3.63) is 62.8 Å². The number of fused-ring (bicyclic) bond motifs is 1. The summed E-state index contributed by atoms with van der Waals surface area (Å²) in [7, 11) is 1.56. The number of H-pyrrole nitrogens is 1. The fourth-order valence-corrected chi connectivity index (χ4v) is 2.58. The molecule has 1 aliphatic rings. The van der Waals surface area contributed by atoms with Gasteiger partial charge in [0.05, 0.1) is 17.6 Å². The van der Waals surface area contributed by atoms with Crippen molar-refractivity contribution in [3.8, 4) is 11.6 Å². The molecule has 3 rings (SSSR count). The fourth-order valence-electron chi connectivity index (χ4n) is 2.58. The summed E-state index contributed by atoms with van der Waals surface area (Å²) in [4.78, 5) is 10.9. The summed E-state index contributed by atoms with van der Waals surface area (Å²) in [6.07, 6.45) is 0. The summed E-state index contributed by atoms with van der Waals surface area (Å²) in [5.74, 6) is 0.0363. The second-order valence-corrected chi connectivity index (χ2v) is 4.88. The first kappa shape index (κ1) is 13.9. The van der Waals surface area contributed by atoms with E-state index in [2.05, 4.69) is 10.2 Å². The number of benzene rings is 1. The van der Waals surface area contributed by atoms with Gasteiger partial charge in [0.15, 0.2) is 0 Å². The Labute approximate surface area is 125 Å². The molecule has 22 heavy (non-hydrogen) atoms. The van der Waals surface area contributed by atoms with Crippen molar-refractivity contribution in [3.63, 3.8) is 0 Å². The molecule has 8 heteroatoms. The Morgan fingerprint density at radius 3 is 2.68 bits per heavy atom. The second kappa shape index (κ2) is 5.06. The molecule has 1 aromatic heterocycles. The lowest BCUT2D eigenvalue weighted by Crippen LogP contribution is -2.25. The lowest BCUT2D eigenvalue weighted by molar-refractivity contribution is -0.432. The molecule has 0 fully saturated rings. The van der Waals surface area contributed by atoms with Crippen molar-refractivity contribution in [1.29, 1.82) is 0 Å². The number of nitrogens with two attached hydrogens (primary N) is 1. The number of nitrogens with zero attached hydrogens (tertiary/aromatic N) is 2. The third-order valence-electron chi connectivity index (χ3n) is 3.63. The van der Waals surface area contributed by atoms with Gasteiger partial charge in [-0.25, -0.2) is 0 Å². The highest BCUT2D eigenvalue weighted by Crippen LogP contribution is 2.43. The molecule has 1 atom stereocenters. The van der Waals surface area contributed by atoms with E-state index in [0.717, 1.165) is 0 Å². The van der Waals surface area contributed by atoms with Crippen LogP contribution in [0.5, 0.6) is 11.6 Å². The van der Waals surface area contributed by atoms with Crippen LogP contribution in [0.2, 0.25) is 0 Å². The van der Waals surface area contributed by atoms with Gasteiger partial charge in [-0.1, -0.05) is 12.1 Å². The van der Waals surface area contributed by atoms with Gasteiger partial charge >= 0.3 is 5.70 Å². The number of nitrogens with one attached hydrogen (secondary N) is 1. The third-order valence-corrected chi connectivity index (χ3v) is 3.63. The monoisotopic (exact) mass is 302 g/mol. The zero-order chi connectivity index (χ0) is 15.9. The van der Waals surface area contributed by atoms with Crippen molar-refractivity contribution in [2.45, 2.75) is 12.8 Å². The van der Waals surface area contributed by atoms with Gasteiger partial charge in [0.25, 0.3) is 5.88 Å². The molecule has 0 spiro atoms. The van der Waals surface area contributed by atoms with E-state index in [1.54, 1.807) is 38.3 Å². The summed E-state index contributed by atoms with van der Waals surface area (Å²) in [6.45, 7) is 1.78. The van der Waals surface area contributed by atoms with Gasteiger partial charge in [0.2, 0.25) is 5.88 Å². The molecule has 0 amide bonds. The van der Waals surface area contributed by atoms with E-state index < -0.39 is 10.8 Å². The smallest absolute Gasteiger partial charge is 0.317 e. The number of aromatic amines is 1. The lowest BCUT2D eigenvalue weighted by Gasteiger charge is -2.21. The van der Waals surface area contributed by atoms with Crippen LogP contribution in [-0.2, 0) is 0 Å². The molecule has 8 nitrogen and oxygen atoms in total. The molecule has 2 heterocycles. The maximum absolute atomic E-state index is 11.4. The quantitative estimate of drug-likeness (QED) is 0.658. The number of hydrogen-bond acceptors (Lipinski definition) is 6. The van der Waals surface area contributed by atoms with Crippen molar-refractivity contribution >= 4 is 0 Å². The molecule has 0 saturated heterocycles. The van der Waals surface area contributed by atoms with E-state index in [1.165, 1.54) is 0 Å². The van der Waals surface area contributed by atoms with Crippen LogP contribution in [0.1, 0.15) is 22.7 Å². The average Bonchev–Trinajstić information content (AvgIpc) is 2.86. The van der Waals surface area contributed by atoms with E-state index >= 15 is 0 Å². The van der Waals surface area contributed by atoms with Gasteiger partial charge in [-0.15, -0.1) is 5.10 Å². The Kier molecular flexibility index (Phi) is 3.21. The standard InChI is InChI=1S/C14H14N4O4/c1-7-10-11(8-3-5-9(21-2)6-4-8)12(18(19)20)13(15)22-14(10)17-16-7/h3-6,11H,15H2,1-2H3,(H,16,17). The van der Waals surface area contributed by atoms with Gasteiger partial charge in [0.1, 0.15) is 11.7 Å². The first-order valence-electron chi connectivity index (χ1n) is 6.53.